The number of thiophene rings is 1. The quantitative estimate of drug-likeness (QED) is 0.894. The van der Waals surface area contributed by atoms with Gasteiger partial charge in [0.25, 0.3) is 10.0 Å². The molecular formula is C11H10BrNO3S2. The lowest BCUT2D eigenvalue weighted by Crippen LogP contribution is -2.11. The molecule has 0 saturated heterocycles. The summed E-state index contributed by atoms with van der Waals surface area (Å²) in [5, 5.41) is 11.2. The van der Waals surface area contributed by atoms with E-state index in [0.717, 1.165) is 11.3 Å². The van der Waals surface area contributed by atoms with Crippen LogP contribution in [0.4, 0.5) is 5.69 Å². The Bertz CT molecular complexity index is 679. The molecule has 0 saturated carbocycles. The Balaban J connectivity index is 2.34. The van der Waals surface area contributed by atoms with E-state index in [1.54, 1.807) is 30.5 Å². The first-order valence-electron chi connectivity index (χ1n) is 4.95. The third kappa shape index (κ3) is 2.68. The molecule has 0 amide bonds. The second-order valence-electron chi connectivity index (χ2n) is 3.66. The fourth-order valence-corrected chi connectivity index (χ4v) is 4.73. The average molecular weight is 348 g/mol. The van der Waals surface area contributed by atoms with Crippen LogP contribution in [-0.4, -0.2) is 13.5 Å². The summed E-state index contributed by atoms with van der Waals surface area (Å²) >= 11 is 4.31. The number of rotatable bonds is 3. The Labute approximate surface area is 117 Å². The smallest absolute Gasteiger partial charge is 0.272 e. The van der Waals surface area contributed by atoms with Crippen molar-refractivity contribution in [3.8, 4) is 5.75 Å². The standard InChI is InChI=1S/C11H10BrNO3S2/c1-7-2-3-8(6-10(7)14)13-18(15,16)11-9(12)4-5-17-11/h2-6,13-14H,1H3. The molecule has 0 unspecified atom stereocenters. The molecule has 18 heavy (non-hydrogen) atoms. The lowest BCUT2D eigenvalue weighted by molar-refractivity contribution is 0.471. The topological polar surface area (TPSA) is 66.4 Å². The summed E-state index contributed by atoms with van der Waals surface area (Å²) in [6.07, 6.45) is 0. The number of hydrogen-bond acceptors (Lipinski definition) is 4. The van der Waals surface area contributed by atoms with E-state index in [4.69, 9.17) is 0 Å². The molecule has 0 aliphatic carbocycles. The van der Waals surface area contributed by atoms with Gasteiger partial charge in [-0.05, 0) is 45.9 Å². The molecule has 0 atom stereocenters. The van der Waals surface area contributed by atoms with Gasteiger partial charge in [0.1, 0.15) is 5.75 Å². The minimum atomic E-state index is -3.62. The Morgan fingerprint density at radius 1 is 1.33 bits per heavy atom. The Kier molecular flexibility index (Phi) is 3.65. The highest BCUT2D eigenvalue weighted by Crippen LogP contribution is 2.30. The van der Waals surface area contributed by atoms with Gasteiger partial charge in [0, 0.05) is 10.5 Å². The van der Waals surface area contributed by atoms with E-state index in [0.29, 0.717) is 15.7 Å². The molecule has 0 fully saturated rings. The van der Waals surface area contributed by atoms with Crippen molar-refractivity contribution in [2.24, 2.45) is 0 Å². The van der Waals surface area contributed by atoms with Crippen LogP contribution >= 0.6 is 27.3 Å². The molecule has 0 aliphatic heterocycles. The number of phenolic OH excluding ortho intramolecular Hbond substituents is 1. The molecule has 7 heteroatoms. The summed E-state index contributed by atoms with van der Waals surface area (Å²) in [6.45, 7) is 1.74. The molecule has 4 nitrogen and oxygen atoms in total. The summed E-state index contributed by atoms with van der Waals surface area (Å²) in [7, 11) is -3.62. The largest absolute Gasteiger partial charge is 0.508 e. The molecule has 1 aromatic heterocycles. The minimum Gasteiger partial charge on any atom is -0.508 e. The van der Waals surface area contributed by atoms with Gasteiger partial charge in [-0.2, -0.15) is 0 Å². The van der Waals surface area contributed by atoms with E-state index < -0.39 is 10.0 Å². The molecule has 96 valence electrons. The SMILES string of the molecule is Cc1ccc(NS(=O)(=O)c2sccc2Br)cc1O. The van der Waals surface area contributed by atoms with Crippen molar-refractivity contribution in [2.45, 2.75) is 11.1 Å². The highest BCUT2D eigenvalue weighted by Gasteiger charge is 2.19. The molecule has 1 heterocycles. The fourth-order valence-electron chi connectivity index (χ4n) is 1.35. The predicted molar refractivity (Wildman–Crippen MR) is 75.7 cm³/mol. The van der Waals surface area contributed by atoms with Crippen LogP contribution < -0.4 is 4.72 Å². The van der Waals surface area contributed by atoms with Gasteiger partial charge in [-0.15, -0.1) is 11.3 Å². The van der Waals surface area contributed by atoms with Gasteiger partial charge in [0.2, 0.25) is 0 Å². The number of sulfonamides is 1. The number of phenols is 1. The van der Waals surface area contributed by atoms with Gasteiger partial charge in [-0.25, -0.2) is 8.42 Å². The summed E-state index contributed by atoms with van der Waals surface area (Å²) in [5.41, 5.74) is 1.02. The predicted octanol–water partition coefficient (Wildman–Crippen LogP) is 3.33. The molecule has 2 N–H and O–H groups in total. The zero-order valence-corrected chi connectivity index (χ0v) is 12.6. The lowest BCUT2D eigenvalue weighted by Gasteiger charge is -2.08. The summed E-state index contributed by atoms with van der Waals surface area (Å²) in [5.74, 6) is 0.0560. The van der Waals surface area contributed by atoms with Crippen LogP contribution in [0.5, 0.6) is 5.75 Å². The molecule has 0 radical (unpaired) electrons. The Hall–Kier alpha value is -1.05. The van der Waals surface area contributed by atoms with Crippen molar-refractivity contribution in [2.75, 3.05) is 4.72 Å². The van der Waals surface area contributed by atoms with Gasteiger partial charge in [-0.3, -0.25) is 4.72 Å². The van der Waals surface area contributed by atoms with Gasteiger partial charge >= 0.3 is 0 Å². The van der Waals surface area contributed by atoms with Crippen molar-refractivity contribution in [3.63, 3.8) is 0 Å². The molecule has 0 aliphatic rings. The number of benzene rings is 1. The zero-order chi connectivity index (χ0) is 13.3. The van der Waals surface area contributed by atoms with Gasteiger partial charge < -0.3 is 5.11 Å². The monoisotopic (exact) mass is 347 g/mol. The summed E-state index contributed by atoms with van der Waals surface area (Å²) in [6, 6.07) is 6.31. The molecule has 2 rings (SSSR count). The van der Waals surface area contributed by atoms with Crippen LogP contribution in [0.3, 0.4) is 0 Å². The molecule has 0 bridgehead atoms. The van der Waals surface area contributed by atoms with Gasteiger partial charge in [0.05, 0.1) is 5.69 Å². The minimum absolute atomic E-state index is 0.0560. The first kappa shape index (κ1) is 13.4. The van der Waals surface area contributed by atoms with E-state index in [9.17, 15) is 13.5 Å². The van der Waals surface area contributed by atoms with Crippen LogP contribution in [0.25, 0.3) is 0 Å². The maximum atomic E-state index is 12.1. The van der Waals surface area contributed by atoms with Crippen molar-refractivity contribution >= 4 is 43.0 Å². The Morgan fingerprint density at radius 2 is 2.06 bits per heavy atom. The van der Waals surface area contributed by atoms with E-state index in [-0.39, 0.29) is 9.96 Å². The molecule has 1 aromatic carbocycles. The maximum absolute atomic E-state index is 12.1. The molecule has 0 spiro atoms. The van der Waals surface area contributed by atoms with E-state index in [2.05, 4.69) is 20.7 Å². The Morgan fingerprint density at radius 3 is 2.61 bits per heavy atom. The van der Waals surface area contributed by atoms with E-state index in [1.807, 2.05) is 0 Å². The van der Waals surface area contributed by atoms with Crippen LogP contribution in [0.1, 0.15) is 5.56 Å². The number of halogens is 1. The average Bonchev–Trinajstić information content (AvgIpc) is 2.70. The highest BCUT2D eigenvalue weighted by atomic mass is 79.9. The third-order valence-corrected chi connectivity index (χ3v) is 6.34. The molecular weight excluding hydrogens is 338 g/mol. The normalized spacial score (nSPS) is 11.4. The van der Waals surface area contributed by atoms with E-state index >= 15 is 0 Å². The number of aromatic hydroxyl groups is 1. The van der Waals surface area contributed by atoms with Crippen molar-refractivity contribution in [1.29, 1.82) is 0 Å². The lowest BCUT2D eigenvalue weighted by atomic mass is 10.2. The first-order valence-corrected chi connectivity index (χ1v) is 8.11. The summed E-state index contributed by atoms with van der Waals surface area (Å²) < 4.78 is 27.3. The fraction of sp³-hybridized carbons (Fsp3) is 0.0909. The second kappa shape index (κ2) is 4.91. The number of aryl methyl sites for hydroxylation is 1. The van der Waals surface area contributed by atoms with E-state index in [1.165, 1.54) is 6.07 Å². The number of hydrogen-bond donors (Lipinski definition) is 2. The third-order valence-electron chi connectivity index (χ3n) is 2.29. The number of anilines is 1. The zero-order valence-electron chi connectivity index (χ0n) is 9.34. The highest BCUT2D eigenvalue weighted by molar-refractivity contribution is 9.10. The van der Waals surface area contributed by atoms with Crippen molar-refractivity contribution in [3.05, 3.63) is 39.7 Å². The van der Waals surface area contributed by atoms with Crippen LogP contribution in [0.2, 0.25) is 0 Å². The summed E-state index contributed by atoms with van der Waals surface area (Å²) in [4.78, 5) is 0. The second-order valence-corrected chi connectivity index (χ2v) is 7.31. The maximum Gasteiger partial charge on any atom is 0.272 e. The van der Waals surface area contributed by atoms with Gasteiger partial charge in [0.15, 0.2) is 4.21 Å². The van der Waals surface area contributed by atoms with Crippen LogP contribution in [0.15, 0.2) is 38.3 Å². The van der Waals surface area contributed by atoms with Crippen molar-refractivity contribution < 1.29 is 13.5 Å². The van der Waals surface area contributed by atoms with Gasteiger partial charge in [-0.1, -0.05) is 6.07 Å². The molecule has 2 aromatic rings. The number of nitrogens with one attached hydrogen (secondary N) is 1. The van der Waals surface area contributed by atoms with Crippen LogP contribution in [0, 0.1) is 6.92 Å². The van der Waals surface area contributed by atoms with Crippen LogP contribution in [-0.2, 0) is 10.0 Å². The first-order chi connectivity index (χ1) is 8.40. The van der Waals surface area contributed by atoms with Crippen molar-refractivity contribution in [1.82, 2.24) is 0 Å².